The monoisotopic (exact) mass is 270 g/mol. The Morgan fingerprint density at radius 1 is 1.17 bits per heavy atom. The van der Waals surface area contributed by atoms with E-state index in [2.05, 4.69) is 11.9 Å². The van der Waals surface area contributed by atoms with Gasteiger partial charge in [0, 0.05) is 12.6 Å². The molecule has 18 heavy (non-hydrogen) atoms. The van der Waals surface area contributed by atoms with Gasteiger partial charge in [0.15, 0.2) is 0 Å². The van der Waals surface area contributed by atoms with Crippen LogP contribution < -0.4 is 10.5 Å². The van der Waals surface area contributed by atoms with E-state index in [1.807, 2.05) is 0 Å². The van der Waals surface area contributed by atoms with Crippen molar-refractivity contribution in [3.63, 3.8) is 0 Å². The summed E-state index contributed by atoms with van der Waals surface area (Å²) in [6, 6.07) is 3.58. The molecule has 0 bridgehead atoms. The summed E-state index contributed by atoms with van der Waals surface area (Å²) in [4.78, 5) is 4.26. The molecule has 0 spiro atoms. The van der Waals surface area contributed by atoms with Gasteiger partial charge in [-0.05, 0) is 12.5 Å². The number of aromatic nitrogens is 1. The molecule has 0 atom stereocenters. The zero-order valence-electron chi connectivity index (χ0n) is 11.1. The zero-order valence-corrected chi connectivity index (χ0v) is 11.9. The van der Waals surface area contributed by atoms with Crippen LogP contribution in [-0.2, 0) is 6.54 Å². The van der Waals surface area contributed by atoms with Crippen LogP contribution in [0.4, 0.5) is 0 Å². The van der Waals surface area contributed by atoms with E-state index in [1.54, 1.807) is 12.1 Å². The number of ether oxygens (including phenoxy) is 1. The summed E-state index contributed by atoms with van der Waals surface area (Å²) in [5.41, 5.74) is 6.23. The number of rotatable bonds is 9. The third-order valence-electron chi connectivity index (χ3n) is 2.83. The lowest BCUT2D eigenvalue weighted by atomic mass is 10.1. The third-order valence-corrected chi connectivity index (χ3v) is 3.18. The Morgan fingerprint density at radius 2 is 1.89 bits per heavy atom. The van der Waals surface area contributed by atoms with Crippen LogP contribution in [0.5, 0.6) is 5.88 Å². The van der Waals surface area contributed by atoms with E-state index in [-0.39, 0.29) is 0 Å². The molecule has 0 unspecified atom stereocenters. The first-order valence-corrected chi connectivity index (χ1v) is 7.14. The van der Waals surface area contributed by atoms with Gasteiger partial charge in [-0.3, -0.25) is 0 Å². The molecule has 4 heteroatoms. The second-order valence-electron chi connectivity index (χ2n) is 4.40. The van der Waals surface area contributed by atoms with Crippen LogP contribution >= 0.6 is 11.6 Å². The van der Waals surface area contributed by atoms with Crippen LogP contribution in [0.15, 0.2) is 12.1 Å². The molecule has 1 heterocycles. The largest absolute Gasteiger partial charge is 0.478 e. The fraction of sp³-hybridized carbons (Fsp3) is 0.643. The maximum absolute atomic E-state index is 5.93. The highest BCUT2D eigenvalue weighted by Crippen LogP contribution is 2.17. The van der Waals surface area contributed by atoms with Crippen molar-refractivity contribution in [2.45, 2.75) is 52.0 Å². The predicted molar refractivity (Wildman–Crippen MR) is 76.0 cm³/mol. The van der Waals surface area contributed by atoms with Crippen LogP contribution in [0, 0.1) is 0 Å². The summed E-state index contributed by atoms with van der Waals surface area (Å²) in [6.07, 6.45) is 7.53. The first kappa shape index (κ1) is 15.3. The van der Waals surface area contributed by atoms with E-state index in [1.165, 1.54) is 32.1 Å². The van der Waals surface area contributed by atoms with E-state index in [4.69, 9.17) is 22.1 Å². The van der Waals surface area contributed by atoms with Gasteiger partial charge in [-0.2, -0.15) is 0 Å². The maximum atomic E-state index is 5.93. The Morgan fingerprint density at radius 3 is 2.61 bits per heavy atom. The van der Waals surface area contributed by atoms with Gasteiger partial charge in [0.25, 0.3) is 0 Å². The topological polar surface area (TPSA) is 48.1 Å². The van der Waals surface area contributed by atoms with E-state index < -0.39 is 0 Å². The number of hydrogen-bond donors (Lipinski definition) is 1. The highest BCUT2D eigenvalue weighted by atomic mass is 35.5. The van der Waals surface area contributed by atoms with Gasteiger partial charge >= 0.3 is 0 Å². The Kier molecular flexibility index (Phi) is 7.78. The van der Waals surface area contributed by atoms with Crippen molar-refractivity contribution in [2.75, 3.05) is 6.61 Å². The van der Waals surface area contributed by atoms with Gasteiger partial charge < -0.3 is 10.5 Å². The molecule has 2 N–H and O–H groups in total. The Hall–Kier alpha value is -0.800. The van der Waals surface area contributed by atoms with Crippen molar-refractivity contribution in [1.29, 1.82) is 0 Å². The zero-order chi connectivity index (χ0) is 13.2. The molecule has 0 saturated heterocycles. The first-order valence-electron chi connectivity index (χ1n) is 6.76. The van der Waals surface area contributed by atoms with Crippen LogP contribution in [0.2, 0.25) is 5.02 Å². The summed E-state index contributed by atoms with van der Waals surface area (Å²) in [5.74, 6) is 0.619. The summed E-state index contributed by atoms with van der Waals surface area (Å²) in [5, 5.41) is 0.601. The van der Waals surface area contributed by atoms with Gasteiger partial charge in [-0.25, -0.2) is 4.98 Å². The van der Waals surface area contributed by atoms with Gasteiger partial charge in [-0.1, -0.05) is 50.6 Å². The molecule has 0 aromatic carbocycles. The lowest BCUT2D eigenvalue weighted by molar-refractivity contribution is 0.292. The molecule has 0 aliphatic heterocycles. The van der Waals surface area contributed by atoms with Crippen molar-refractivity contribution >= 4 is 11.6 Å². The summed E-state index contributed by atoms with van der Waals surface area (Å²) >= 11 is 5.93. The molecule has 0 aliphatic rings. The number of hydrogen-bond acceptors (Lipinski definition) is 3. The van der Waals surface area contributed by atoms with Crippen LogP contribution in [0.3, 0.4) is 0 Å². The summed E-state index contributed by atoms with van der Waals surface area (Å²) in [6.45, 7) is 3.28. The molecule has 3 nitrogen and oxygen atoms in total. The number of unbranched alkanes of at least 4 members (excludes halogenated alkanes) is 5. The average molecular weight is 271 g/mol. The SMILES string of the molecule is CCCCCCCCOc1ccc(Cl)c(CN)n1. The fourth-order valence-electron chi connectivity index (χ4n) is 1.75. The van der Waals surface area contributed by atoms with Gasteiger partial charge in [0.2, 0.25) is 5.88 Å². The van der Waals surface area contributed by atoms with E-state index in [9.17, 15) is 0 Å². The molecule has 0 saturated carbocycles. The van der Waals surface area contributed by atoms with E-state index in [0.29, 0.717) is 29.7 Å². The first-order chi connectivity index (χ1) is 8.77. The van der Waals surface area contributed by atoms with E-state index in [0.717, 1.165) is 6.42 Å². The smallest absolute Gasteiger partial charge is 0.213 e. The molecule has 1 rings (SSSR count). The highest BCUT2D eigenvalue weighted by Gasteiger charge is 2.02. The van der Waals surface area contributed by atoms with Gasteiger partial charge in [0.1, 0.15) is 0 Å². The molecule has 1 aromatic rings. The molecule has 0 aliphatic carbocycles. The minimum absolute atomic E-state index is 0.340. The Balaban J connectivity index is 2.19. The number of pyridine rings is 1. The molecular weight excluding hydrogens is 248 g/mol. The van der Waals surface area contributed by atoms with Crippen molar-refractivity contribution in [3.05, 3.63) is 22.8 Å². The van der Waals surface area contributed by atoms with Gasteiger partial charge in [0.05, 0.1) is 17.3 Å². The molecule has 1 aromatic heterocycles. The molecule has 102 valence electrons. The van der Waals surface area contributed by atoms with Crippen molar-refractivity contribution in [3.8, 4) is 5.88 Å². The predicted octanol–water partition coefficient (Wildman–Crippen LogP) is 3.93. The lowest BCUT2D eigenvalue weighted by Gasteiger charge is -2.07. The second-order valence-corrected chi connectivity index (χ2v) is 4.81. The Labute approximate surface area is 115 Å². The average Bonchev–Trinajstić information content (AvgIpc) is 2.39. The Bertz CT molecular complexity index is 345. The maximum Gasteiger partial charge on any atom is 0.213 e. The minimum Gasteiger partial charge on any atom is -0.478 e. The van der Waals surface area contributed by atoms with Gasteiger partial charge in [-0.15, -0.1) is 0 Å². The normalized spacial score (nSPS) is 10.6. The lowest BCUT2D eigenvalue weighted by Crippen LogP contribution is -2.04. The van der Waals surface area contributed by atoms with Crippen molar-refractivity contribution in [1.82, 2.24) is 4.98 Å². The second kappa shape index (κ2) is 9.17. The summed E-state index contributed by atoms with van der Waals surface area (Å²) in [7, 11) is 0. The summed E-state index contributed by atoms with van der Waals surface area (Å²) < 4.78 is 5.58. The third kappa shape index (κ3) is 5.69. The molecule has 0 amide bonds. The standard InChI is InChI=1S/C14H23ClN2O/c1-2-3-4-5-6-7-10-18-14-9-8-12(15)13(11-16)17-14/h8-9H,2-7,10-11,16H2,1H3. The highest BCUT2D eigenvalue weighted by molar-refractivity contribution is 6.31. The fourth-order valence-corrected chi connectivity index (χ4v) is 1.93. The van der Waals surface area contributed by atoms with Crippen LogP contribution in [-0.4, -0.2) is 11.6 Å². The number of nitrogens with two attached hydrogens (primary N) is 1. The minimum atomic E-state index is 0.340. The van der Waals surface area contributed by atoms with Crippen LogP contribution in [0.25, 0.3) is 0 Å². The molecule has 0 fully saturated rings. The number of nitrogens with zero attached hydrogens (tertiary/aromatic N) is 1. The number of halogens is 1. The van der Waals surface area contributed by atoms with Crippen molar-refractivity contribution < 1.29 is 4.74 Å². The van der Waals surface area contributed by atoms with E-state index >= 15 is 0 Å². The van der Waals surface area contributed by atoms with Crippen molar-refractivity contribution in [2.24, 2.45) is 5.73 Å². The quantitative estimate of drug-likeness (QED) is 0.692. The van der Waals surface area contributed by atoms with Crippen LogP contribution in [0.1, 0.15) is 51.1 Å². The molecule has 0 radical (unpaired) electrons. The molecular formula is C14H23ClN2O.